The Morgan fingerprint density at radius 1 is 1.30 bits per heavy atom. The molecule has 104 valence electrons. The Bertz CT molecular complexity index is 594. The molecular weight excluding hydrogens is 246 g/mol. The third kappa shape index (κ3) is 2.41. The van der Waals surface area contributed by atoms with Crippen LogP contribution in [0.4, 0.5) is 5.69 Å². The summed E-state index contributed by atoms with van der Waals surface area (Å²) in [6.45, 7) is 4.89. The molecule has 1 aliphatic heterocycles. The summed E-state index contributed by atoms with van der Waals surface area (Å²) in [6, 6.07) is 10.8. The molecule has 3 nitrogen and oxygen atoms in total. The lowest BCUT2D eigenvalue weighted by Gasteiger charge is -2.21. The summed E-state index contributed by atoms with van der Waals surface area (Å²) in [5, 5.41) is 0. The first kappa shape index (κ1) is 13.1. The third-order valence-electron chi connectivity index (χ3n) is 4.18. The van der Waals surface area contributed by atoms with Crippen LogP contribution in [0.15, 0.2) is 42.7 Å². The molecular formula is C17H21N3. The van der Waals surface area contributed by atoms with Crippen LogP contribution in [-0.2, 0) is 6.54 Å². The normalized spacial score (nSPS) is 17.3. The van der Waals surface area contributed by atoms with Gasteiger partial charge in [0.2, 0.25) is 0 Å². The van der Waals surface area contributed by atoms with E-state index in [0.717, 1.165) is 26.1 Å². The fourth-order valence-electron chi connectivity index (χ4n) is 3.05. The molecule has 3 rings (SSSR count). The molecule has 2 heterocycles. The van der Waals surface area contributed by atoms with Gasteiger partial charge in [-0.1, -0.05) is 18.2 Å². The maximum atomic E-state index is 5.76. The van der Waals surface area contributed by atoms with Crippen LogP contribution in [0.1, 0.15) is 29.0 Å². The van der Waals surface area contributed by atoms with Crippen LogP contribution in [-0.4, -0.2) is 18.1 Å². The van der Waals surface area contributed by atoms with E-state index in [1.807, 2.05) is 12.4 Å². The molecule has 1 aliphatic rings. The molecule has 0 saturated heterocycles. The fourth-order valence-corrected chi connectivity index (χ4v) is 3.05. The number of aryl methyl sites for hydroxylation is 1. The zero-order valence-corrected chi connectivity index (χ0v) is 11.9. The number of benzene rings is 1. The van der Waals surface area contributed by atoms with E-state index in [1.54, 1.807) is 0 Å². The standard InChI is InChI=1S/C17H21N3/c1-13-7-9-19-10-15(13)12-20-11-14(6-8-18)16-4-2-3-5-17(16)20/h2-5,7,9-10,14H,6,8,11-12,18H2,1H3. The Hall–Kier alpha value is -1.87. The quantitative estimate of drug-likeness (QED) is 0.926. The van der Waals surface area contributed by atoms with Crippen LogP contribution in [0.5, 0.6) is 0 Å². The van der Waals surface area contributed by atoms with Crippen molar-refractivity contribution in [2.75, 3.05) is 18.0 Å². The number of anilines is 1. The SMILES string of the molecule is Cc1ccncc1CN1CC(CCN)c2ccccc21. The van der Waals surface area contributed by atoms with Crippen LogP contribution in [0.25, 0.3) is 0 Å². The molecule has 2 aromatic rings. The van der Waals surface area contributed by atoms with E-state index >= 15 is 0 Å². The van der Waals surface area contributed by atoms with E-state index in [0.29, 0.717) is 5.92 Å². The van der Waals surface area contributed by atoms with Gasteiger partial charge in [-0.3, -0.25) is 4.98 Å². The number of hydrogen-bond acceptors (Lipinski definition) is 3. The van der Waals surface area contributed by atoms with Gasteiger partial charge in [0.05, 0.1) is 0 Å². The van der Waals surface area contributed by atoms with Crippen LogP contribution < -0.4 is 10.6 Å². The van der Waals surface area contributed by atoms with Crippen molar-refractivity contribution in [1.82, 2.24) is 4.98 Å². The lowest BCUT2D eigenvalue weighted by molar-refractivity contribution is 0.643. The first-order valence-electron chi connectivity index (χ1n) is 7.23. The fraction of sp³-hybridized carbons (Fsp3) is 0.353. The molecule has 0 saturated carbocycles. The number of para-hydroxylation sites is 1. The van der Waals surface area contributed by atoms with Crippen molar-refractivity contribution in [1.29, 1.82) is 0 Å². The second-order valence-electron chi connectivity index (χ2n) is 5.52. The molecule has 1 unspecified atom stereocenters. The van der Waals surface area contributed by atoms with Crippen molar-refractivity contribution in [3.63, 3.8) is 0 Å². The first-order chi connectivity index (χ1) is 9.79. The summed E-state index contributed by atoms with van der Waals surface area (Å²) < 4.78 is 0. The molecule has 20 heavy (non-hydrogen) atoms. The summed E-state index contributed by atoms with van der Waals surface area (Å²) in [5.41, 5.74) is 11.2. The zero-order valence-electron chi connectivity index (χ0n) is 11.9. The predicted octanol–water partition coefficient (Wildman–Crippen LogP) is 2.84. The van der Waals surface area contributed by atoms with Crippen LogP contribution in [0.2, 0.25) is 0 Å². The highest BCUT2D eigenvalue weighted by Gasteiger charge is 2.27. The van der Waals surface area contributed by atoms with Gasteiger partial charge in [-0.25, -0.2) is 0 Å². The molecule has 1 aromatic carbocycles. The topological polar surface area (TPSA) is 42.2 Å². The maximum Gasteiger partial charge on any atom is 0.0447 e. The average molecular weight is 267 g/mol. The molecule has 0 spiro atoms. The smallest absolute Gasteiger partial charge is 0.0447 e. The molecule has 3 heteroatoms. The molecule has 2 N–H and O–H groups in total. The number of aromatic nitrogens is 1. The monoisotopic (exact) mass is 267 g/mol. The van der Waals surface area contributed by atoms with Gasteiger partial charge in [-0.15, -0.1) is 0 Å². The van der Waals surface area contributed by atoms with Gasteiger partial charge in [0.25, 0.3) is 0 Å². The minimum atomic E-state index is 0.563. The summed E-state index contributed by atoms with van der Waals surface area (Å²) in [5.74, 6) is 0.563. The van der Waals surface area contributed by atoms with Crippen molar-refractivity contribution in [2.45, 2.75) is 25.8 Å². The van der Waals surface area contributed by atoms with Gasteiger partial charge in [0.15, 0.2) is 0 Å². The van der Waals surface area contributed by atoms with Gasteiger partial charge in [0.1, 0.15) is 0 Å². The van der Waals surface area contributed by atoms with Crippen molar-refractivity contribution in [3.05, 3.63) is 59.4 Å². The highest BCUT2D eigenvalue weighted by atomic mass is 15.2. The molecule has 0 bridgehead atoms. The number of fused-ring (bicyclic) bond motifs is 1. The number of nitrogens with zero attached hydrogens (tertiary/aromatic N) is 2. The van der Waals surface area contributed by atoms with Crippen molar-refractivity contribution in [3.8, 4) is 0 Å². The molecule has 0 amide bonds. The van der Waals surface area contributed by atoms with E-state index in [-0.39, 0.29) is 0 Å². The highest BCUT2D eigenvalue weighted by Crippen LogP contribution is 2.38. The first-order valence-corrected chi connectivity index (χ1v) is 7.23. The highest BCUT2D eigenvalue weighted by molar-refractivity contribution is 5.60. The Morgan fingerprint density at radius 3 is 2.95 bits per heavy atom. The minimum absolute atomic E-state index is 0.563. The van der Waals surface area contributed by atoms with Crippen molar-refractivity contribution < 1.29 is 0 Å². The second kappa shape index (κ2) is 5.63. The van der Waals surface area contributed by atoms with E-state index < -0.39 is 0 Å². The van der Waals surface area contributed by atoms with Gasteiger partial charge in [0, 0.05) is 37.1 Å². The van der Waals surface area contributed by atoms with Gasteiger partial charge >= 0.3 is 0 Å². The number of hydrogen-bond donors (Lipinski definition) is 1. The molecule has 1 atom stereocenters. The minimum Gasteiger partial charge on any atom is -0.366 e. The van der Waals surface area contributed by atoms with Gasteiger partial charge in [-0.05, 0) is 48.7 Å². The van der Waals surface area contributed by atoms with E-state index in [9.17, 15) is 0 Å². The summed E-state index contributed by atoms with van der Waals surface area (Å²) in [7, 11) is 0. The van der Waals surface area contributed by atoms with Crippen LogP contribution in [0.3, 0.4) is 0 Å². The Kier molecular flexibility index (Phi) is 3.70. The van der Waals surface area contributed by atoms with E-state index in [1.165, 1.54) is 22.4 Å². The molecule has 1 aromatic heterocycles. The average Bonchev–Trinajstić information content (AvgIpc) is 2.81. The summed E-state index contributed by atoms with van der Waals surface area (Å²) in [6.07, 6.45) is 4.89. The van der Waals surface area contributed by atoms with E-state index in [2.05, 4.69) is 47.1 Å². The Balaban J connectivity index is 1.87. The van der Waals surface area contributed by atoms with Crippen LogP contribution >= 0.6 is 0 Å². The van der Waals surface area contributed by atoms with E-state index in [4.69, 9.17) is 5.73 Å². The second-order valence-corrected chi connectivity index (χ2v) is 5.52. The zero-order chi connectivity index (χ0) is 13.9. The Labute approximate surface area is 120 Å². The molecule has 0 radical (unpaired) electrons. The van der Waals surface area contributed by atoms with Gasteiger partial charge in [-0.2, -0.15) is 0 Å². The van der Waals surface area contributed by atoms with Crippen molar-refractivity contribution >= 4 is 5.69 Å². The Morgan fingerprint density at radius 2 is 2.15 bits per heavy atom. The summed E-state index contributed by atoms with van der Waals surface area (Å²) >= 11 is 0. The predicted molar refractivity (Wildman–Crippen MR) is 82.9 cm³/mol. The van der Waals surface area contributed by atoms with Crippen LogP contribution in [0, 0.1) is 6.92 Å². The number of nitrogens with two attached hydrogens (primary N) is 1. The largest absolute Gasteiger partial charge is 0.366 e. The molecule has 0 aliphatic carbocycles. The summed E-state index contributed by atoms with van der Waals surface area (Å²) in [4.78, 5) is 6.71. The third-order valence-corrected chi connectivity index (χ3v) is 4.18. The number of pyridine rings is 1. The van der Waals surface area contributed by atoms with Gasteiger partial charge < -0.3 is 10.6 Å². The number of rotatable bonds is 4. The lowest BCUT2D eigenvalue weighted by Crippen LogP contribution is -2.22. The molecule has 0 fully saturated rings. The van der Waals surface area contributed by atoms with Crippen molar-refractivity contribution in [2.24, 2.45) is 5.73 Å². The lowest BCUT2D eigenvalue weighted by atomic mass is 9.98. The maximum absolute atomic E-state index is 5.76.